The van der Waals surface area contributed by atoms with E-state index in [0.717, 1.165) is 27.6 Å². The Morgan fingerprint density at radius 2 is 1.22 bits per heavy atom. The van der Waals surface area contributed by atoms with Crippen LogP contribution < -0.4 is 4.74 Å². The van der Waals surface area contributed by atoms with Crippen LogP contribution >= 0.6 is 0 Å². The molecule has 0 aliphatic heterocycles. The van der Waals surface area contributed by atoms with Crippen molar-refractivity contribution in [3.8, 4) is 22.8 Å². The Labute approximate surface area is 157 Å². The lowest BCUT2D eigenvalue weighted by Crippen LogP contribution is -1.93. The molecule has 2 nitrogen and oxygen atoms in total. The zero-order valence-corrected chi connectivity index (χ0v) is 14.7. The van der Waals surface area contributed by atoms with E-state index < -0.39 is 0 Å². The van der Waals surface area contributed by atoms with Gasteiger partial charge in [0.25, 0.3) is 0 Å². The summed E-state index contributed by atoms with van der Waals surface area (Å²) < 4.78 is 6.17. The maximum absolute atomic E-state index is 6.17. The van der Waals surface area contributed by atoms with Gasteiger partial charge < -0.3 is 4.74 Å². The SMILES string of the molecule is c1ccc(Oc2ncc3cc4ccccc4cc3c2-c2ccccc2)cc1. The molecular weight excluding hydrogens is 330 g/mol. The zero-order chi connectivity index (χ0) is 18.1. The van der Waals surface area contributed by atoms with E-state index in [0.29, 0.717) is 5.88 Å². The van der Waals surface area contributed by atoms with Crippen LogP contribution in [0.1, 0.15) is 0 Å². The Morgan fingerprint density at radius 3 is 1.96 bits per heavy atom. The summed E-state index contributed by atoms with van der Waals surface area (Å²) in [6, 6.07) is 32.9. The highest BCUT2D eigenvalue weighted by Crippen LogP contribution is 2.38. The van der Waals surface area contributed by atoms with Gasteiger partial charge in [-0.15, -0.1) is 0 Å². The number of nitrogens with zero attached hydrogens (tertiary/aromatic N) is 1. The van der Waals surface area contributed by atoms with Gasteiger partial charge in [-0.25, -0.2) is 4.98 Å². The Bertz CT molecular complexity index is 1230. The number of para-hydroxylation sites is 1. The second-order valence-corrected chi connectivity index (χ2v) is 6.51. The van der Waals surface area contributed by atoms with E-state index in [4.69, 9.17) is 4.74 Å². The van der Waals surface area contributed by atoms with Crippen molar-refractivity contribution >= 4 is 21.5 Å². The summed E-state index contributed by atoms with van der Waals surface area (Å²) in [6.45, 7) is 0. The summed E-state index contributed by atoms with van der Waals surface area (Å²) in [6.07, 6.45) is 1.90. The first-order valence-corrected chi connectivity index (χ1v) is 8.98. The van der Waals surface area contributed by atoms with E-state index in [1.165, 1.54) is 10.8 Å². The van der Waals surface area contributed by atoms with Crippen LogP contribution in [0.3, 0.4) is 0 Å². The molecule has 0 saturated heterocycles. The molecule has 27 heavy (non-hydrogen) atoms. The molecule has 0 radical (unpaired) electrons. The monoisotopic (exact) mass is 347 g/mol. The number of benzene rings is 4. The number of fused-ring (bicyclic) bond motifs is 2. The van der Waals surface area contributed by atoms with Crippen molar-refractivity contribution < 1.29 is 4.74 Å². The van der Waals surface area contributed by atoms with E-state index in [1.54, 1.807) is 0 Å². The average Bonchev–Trinajstić information content (AvgIpc) is 2.73. The fourth-order valence-electron chi connectivity index (χ4n) is 3.45. The summed E-state index contributed by atoms with van der Waals surface area (Å²) in [7, 11) is 0. The number of pyridine rings is 1. The van der Waals surface area contributed by atoms with E-state index >= 15 is 0 Å². The van der Waals surface area contributed by atoms with Crippen LogP contribution in [0, 0.1) is 0 Å². The van der Waals surface area contributed by atoms with Crippen molar-refractivity contribution in [2.24, 2.45) is 0 Å². The summed E-state index contributed by atoms with van der Waals surface area (Å²) in [4.78, 5) is 4.66. The maximum Gasteiger partial charge on any atom is 0.227 e. The van der Waals surface area contributed by atoms with Crippen LogP contribution in [0.5, 0.6) is 11.6 Å². The molecule has 0 unspecified atom stereocenters. The van der Waals surface area contributed by atoms with E-state index in [9.17, 15) is 0 Å². The molecule has 0 saturated carbocycles. The topological polar surface area (TPSA) is 22.1 Å². The molecule has 0 aliphatic carbocycles. The quantitative estimate of drug-likeness (QED) is 0.333. The molecule has 1 aromatic heterocycles. The lowest BCUT2D eigenvalue weighted by molar-refractivity contribution is 0.466. The summed E-state index contributed by atoms with van der Waals surface area (Å²) in [5, 5.41) is 4.66. The largest absolute Gasteiger partial charge is 0.438 e. The highest BCUT2D eigenvalue weighted by atomic mass is 16.5. The minimum Gasteiger partial charge on any atom is -0.438 e. The van der Waals surface area contributed by atoms with Crippen LogP contribution in [0.15, 0.2) is 103 Å². The Hall–Kier alpha value is -3.65. The number of hydrogen-bond acceptors (Lipinski definition) is 2. The number of aromatic nitrogens is 1. The van der Waals surface area contributed by atoms with E-state index in [1.807, 2.05) is 54.7 Å². The third-order valence-electron chi connectivity index (χ3n) is 4.74. The average molecular weight is 347 g/mol. The molecule has 5 rings (SSSR count). The highest BCUT2D eigenvalue weighted by Gasteiger charge is 2.14. The molecule has 0 atom stereocenters. The fraction of sp³-hybridized carbons (Fsp3) is 0. The molecule has 0 spiro atoms. The minimum atomic E-state index is 0.621. The minimum absolute atomic E-state index is 0.621. The first kappa shape index (κ1) is 15.6. The predicted octanol–water partition coefficient (Wildman–Crippen LogP) is 6.85. The number of rotatable bonds is 3. The maximum atomic E-state index is 6.17. The van der Waals surface area contributed by atoms with Gasteiger partial charge in [-0.1, -0.05) is 72.8 Å². The Balaban J connectivity index is 1.80. The van der Waals surface area contributed by atoms with E-state index in [2.05, 4.69) is 53.5 Å². The summed E-state index contributed by atoms with van der Waals surface area (Å²) >= 11 is 0. The number of ether oxygens (including phenoxy) is 1. The first-order valence-electron chi connectivity index (χ1n) is 8.98. The van der Waals surface area contributed by atoms with Crippen LogP contribution in [0.4, 0.5) is 0 Å². The standard InChI is InChI=1S/C25H17NO/c1-3-9-18(10-4-1)24-23-16-20-12-8-7-11-19(20)15-21(23)17-26-25(24)27-22-13-5-2-6-14-22/h1-17H. The summed E-state index contributed by atoms with van der Waals surface area (Å²) in [5.41, 5.74) is 2.11. The third-order valence-corrected chi connectivity index (χ3v) is 4.74. The normalized spacial score (nSPS) is 11.0. The fourth-order valence-corrected chi connectivity index (χ4v) is 3.45. The summed E-state index contributed by atoms with van der Waals surface area (Å²) in [5.74, 6) is 1.40. The van der Waals surface area contributed by atoms with Crippen LogP contribution in [0.2, 0.25) is 0 Å². The van der Waals surface area contributed by atoms with Gasteiger partial charge in [-0.05, 0) is 46.0 Å². The van der Waals surface area contributed by atoms with Gasteiger partial charge in [0.1, 0.15) is 5.75 Å². The molecule has 5 aromatic rings. The van der Waals surface area contributed by atoms with Gasteiger partial charge in [0, 0.05) is 11.6 Å². The van der Waals surface area contributed by atoms with Gasteiger partial charge in [0.15, 0.2) is 0 Å². The Kier molecular flexibility index (Phi) is 3.80. The third kappa shape index (κ3) is 2.91. The van der Waals surface area contributed by atoms with Gasteiger partial charge in [-0.3, -0.25) is 0 Å². The van der Waals surface area contributed by atoms with Crippen LogP contribution in [-0.4, -0.2) is 4.98 Å². The molecule has 0 aliphatic rings. The first-order chi connectivity index (χ1) is 13.4. The van der Waals surface area contributed by atoms with Crippen LogP contribution in [-0.2, 0) is 0 Å². The lowest BCUT2D eigenvalue weighted by Gasteiger charge is -2.14. The van der Waals surface area contributed by atoms with Gasteiger partial charge in [0.2, 0.25) is 5.88 Å². The van der Waals surface area contributed by atoms with Crippen LogP contribution in [0.25, 0.3) is 32.7 Å². The molecule has 1 heterocycles. The van der Waals surface area contributed by atoms with Crippen molar-refractivity contribution in [1.82, 2.24) is 4.98 Å². The molecule has 0 fully saturated rings. The number of hydrogen-bond donors (Lipinski definition) is 0. The van der Waals surface area contributed by atoms with Crippen molar-refractivity contribution in [3.05, 3.63) is 103 Å². The lowest BCUT2D eigenvalue weighted by atomic mass is 9.97. The molecule has 2 heteroatoms. The van der Waals surface area contributed by atoms with Gasteiger partial charge >= 0.3 is 0 Å². The Morgan fingerprint density at radius 1 is 0.593 bits per heavy atom. The van der Waals surface area contributed by atoms with Crippen molar-refractivity contribution in [2.75, 3.05) is 0 Å². The molecular formula is C25H17NO. The van der Waals surface area contributed by atoms with E-state index in [-0.39, 0.29) is 0 Å². The molecule has 4 aromatic carbocycles. The second-order valence-electron chi connectivity index (χ2n) is 6.51. The smallest absolute Gasteiger partial charge is 0.227 e. The van der Waals surface area contributed by atoms with Gasteiger partial charge in [0.05, 0.1) is 5.56 Å². The molecule has 128 valence electrons. The molecule has 0 bridgehead atoms. The molecule has 0 N–H and O–H groups in total. The molecule has 0 amide bonds. The highest BCUT2D eigenvalue weighted by molar-refractivity contribution is 6.05. The van der Waals surface area contributed by atoms with Gasteiger partial charge in [-0.2, -0.15) is 0 Å². The predicted molar refractivity (Wildman–Crippen MR) is 111 cm³/mol. The van der Waals surface area contributed by atoms with Crippen molar-refractivity contribution in [3.63, 3.8) is 0 Å². The van der Waals surface area contributed by atoms with Crippen molar-refractivity contribution in [2.45, 2.75) is 0 Å². The second kappa shape index (κ2) is 6.58. The van der Waals surface area contributed by atoms with Crippen molar-refractivity contribution in [1.29, 1.82) is 0 Å². The zero-order valence-electron chi connectivity index (χ0n) is 14.7.